The van der Waals surface area contributed by atoms with Crippen molar-refractivity contribution in [1.82, 2.24) is 14.7 Å². The van der Waals surface area contributed by atoms with E-state index in [4.69, 9.17) is 0 Å². The molecule has 0 aromatic carbocycles. The molecule has 2 rings (SSSR count). The van der Waals surface area contributed by atoms with E-state index in [9.17, 15) is 14.9 Å². The van der Waals surface area contributed by atoms with Gasteiger partial charge in [-0.1, -0.05) is 6.07 Å². The first-order valence-electron chi connectivity index (χ1n) is 6.63. The quantitative estimate of drug-likeness (QED) is 0.621. The van der Waals surface area contributed by atoms with Gasteiger partial charge in [-0.2, -0.15) is 9.38 Å². The molecule has 112 valence electrons. The number of carbonyl (C=O) groups excluding carboxylic acids is 1. The topological polar surface area (TPSA) is 102 Å². The van der Waals surface area contributed by atoms with E-state index in [2.05, 4.69) is 15.6 Å². The number of hydrogen-bond donors (Lipinski definition) is 2. The maximum Gasteiger partial charge on any atom is 0.372 e. The minimum Gasteiger partial charge on any atom is -0.362 e. The van der Waals surface area contributed by atoms with E-state index in [0.29, 0.717) is 5.65 Å². The number of amides is 1. The zero-order chi connectivity index (χ0) is 15.4. The van der Waals surface area contributed by atoms with Gasteiger partial charge >= 0.3 is 5.82 Å². The number of anilines is 1. The van der Waals surface area contributed by atoms with Crippen LogP contribution in [0.5, 0.6) is 0 Å². The Balaban J connectivity index is 2.10. The Kier molecular flexibility index (Phi) is 4.36. The minimum atomic E-state index is -0.490. The van der Waals surface area contributed by atoms with Crippen molar-refractivity contribution in [3.05, 3.63) is 34.5 Å². The van der Waals surface area contributed by atoms with Crippen LogP contribution in [0.4, 0.5) is 11.6 Å². The Hall–Kier alpha value is -2.64. The van der Waals surface area contributed by atoms with Crippen LogP contribution in [0.15, 0.2) is 24.4 Å². The number of nitrogens with one attached hydrogen (secondary N) is 2. The molecule has 0 atom stereocenters. The fourth-order valence-electron chi connectivity index (χ4n) is 1.96. The van der Waals surface area contributed by atoms with E-state index < -0.39 is 4.92 Å². The number of pyridine rings is 1. The van der Waals surface area contributed by atoms with Crippen LogP contribution in [-0.4, -0.2) is 32.8 Å². The van der Waals surface area contributed by atoms with Gasteiger partial charge in [0.2, 0.25) is 17.4 Å². The number of imidazole rings is 1. The monoisotopic (exact) mass is 291 g/mol. The lowest BCUT2D eigenvalue weighted by Crippen LogP contribution is -2.31. The predicted molar refractivity (Wildman–Crippen MR) is 78.2 cm³/mol. The summed E-state index contributed by atoms with van der Waals surface area (Å²) < 4.78 is 1.40. The van der Waals surface area contributed by atoms with E-state index in [-0.39, 0.29) is 36.6 Å². The van der Waals surface area contributed by atoms with E-state index >= 15 is 0 Å². The molecule has 0 saturated heterocycles. The molecule has 1 amide bonds. The molecule has 0 radical (unpaired) electrons. The van der Waals surface area contributed by atoms with Crippen LogP contribution in [0.1, 0.15) is 20.3 Å². The van der Waals surface area contributed by atoms with Gasteiger partial charge in [0.1, 0.15) is 0 Å². The lowest BCUT2D eigenvalue weighted by Gasteiger charge is -2.08. The van der Waals surface area contributed by atoms with Crippen molar-refractivity contribution in [2.45, 2.75) is 26.3 Å². The van der Waals surface area contributed by atoms with Crippen molar-refractivity contribution < 1.29 is 9.72 Å². The standard InChI is InChI=1S/C13H17N5O3/c1-9(2)15-11(19)6-7-14-12-13(18(20)21)17-8-4-3-5-10(17)16-12/h3-5,8-9,14H,6-7H2,1-2H3,(H,15,19). The SMILES string of the molecule is CC(C)NC(=O)CCNc1nc2ccccn2c1[N+](=O)[O-]. The summed E-state index contributed by atoms with van der Waals surface area (Å²) in [6.45, 7) is 4.03. The number of nitrogens with zero attached hydrogens (tertiary/aromatic N) is 3. The predicted octanol–water partition coefficient (Wildman–Crippen LogP) is 1.57. The number of carbonyl (C=O) groups is 1. The number of fused-ring (bicyclic) bond motifs is 1. The molecule has 0 unspecified atom stereocenters. The van der Waals surface area contributed by atoms with Crippen molar-refractivity contribution in [2.24, 2.45) is 0 Å². The molecule has 2 aromatic heterocycles. The first-order chi connectivity index (χ1) is 9.99. The van der Waals surface area contributed by atoms with Gasteiger partial charge in [0.05, 0.1) is 6.20 Å². The summed E-state index contributed by atoms with van der Waals surface area (Å²) in [7, 11) is 0. The van der Waals surface area contributed by atoms with Crippen LogP contribution in [0, 0.1) is 10.1 Å². The molecular weight excluding hydrogens is 274 g/mol. The molecule has 0 bridgehead atoms. The first-order valence-corrected chi connectivity index (χ1v) is 6.63. The van der Waals surface area contributed by atoms with Gasteiger partial charge in [0, 0.05) is 25.1 Å². The van der Waals surface area contributed by atoms with E-state index in [0.717, 1.165) is 0 Å². The zero-order valence-electron chi connectivity index (χ0n) is 11.9. The van der Waals surface area contributed by atoms with Crippen molar-refractivity contribution in [2.75, 3.05) is 11.9 Å². The average Bonchev–Trinajstić information content (AvgIpc) is 2.75. The molecule has 8 heteroatoms. The molecule has 0 fully saturated rings. The Morgan fingerprint density at radius 2 is 2.24 bits per heavy atom. The summed E-state index contributed by atoms with van der Waals surface area (Å²) in [4.78, 5) is 26.4. The summed E-state index contributed by atoms with van der Waals surface area (Å²) in [5.41, 5.74) is 0.485. The van der Waals surface area contributed by atoms with Gasteiger partial charge in [-0.05, 0) is 24.8 Å². The van der Waals surface area contributed by atoms with Crippen LogP contribution in [0.3, 0.4) is 0 Å². The summed E-state index contributed by atoms with van der Waals surface area (Å²) in [6.07, 6.45) is 1.81. The maximum atomic E-state index is 11.5. The third-order valence-electron chi connectivity index (χ3n) is 2.77. The number of nitro groups is 1. The van der Waals surface area contributed by atoms with Gasteiger partial charge in [0.15, 0.2) is 0 Å². The highest BCUT2D eigenvalue weighted by atomic mass is 16.6. The van der Waals surface area contributed by atoms with E-state index in [1.807, 2.05) is 13.8 Å². The summed E-state index contributed by atoms with van der Waals surface area (Å²) >= 11 is 0. The van der Waals surface area contributed by atoms with Crippen LogP contribution < -0.4 is 10.6 Å². The number of rotatable bonds is 6. The Bertz CT molecular complexity index is 665. The maximum absolute atomic E-state index is 11.5. The Labute approximate surface area is 121 Å². The fraction of sp³-hybridized carbons (Fsp3) is 0.385. The Morgan fingerprint density at radius 3 is 2.90 bits per heavy atom. The van der Waals surface area contributed by atoms with Crippen molar-refractivity contribution in [3.63, 3.8) is 0 Å². The van der Waals surface area contributed by atoms with Crippen LogP contribution >= 0.6 is 0 Å². The third-order valence-corrected chi connectivity index (χ3v) is 2.77. The second-order valence-electron chi connectivity index (χ2n) is 4.87. The second kappa shape index (κ2) is 6.21. The molecular formula is C13H17N5O3. The van der Waals surface area contributed by atoms with Crippen molar-refractivity contribution in [3.8, 4) is 0 Å². The van der Waals surface area contributed by atoms with Crippen LogP contribution in [0.25, 0.3) is 5.65 Å². The molecule has 0 aliphatic heterocycles. The number of aromatic nitrogens is 2. The lowest BCUT2D eigenvalue weighted by molar-refractivity contribution is -0.389. The zero-order valence-corrected chi connectivity index (χ0v) is 11.9. The molecule has 2 N–H and O–H groups in total. The highest BCUT2D eigenvalue weighted by Gasteiger charge is 2.21. The fourth-order valence-corrected chi connectivity index (χ4v) is 1.96. The van der Waals surface area contributed by atoms with Gasteiger partial charge < -0.3 is 20.7 Å². The molecule has 8 nitrogen and oxygen atoms in total. The second-order valence-corrected chi connectivity index (χ2v) is 4.87. The van der Waals surface area contributed by atoms with Gasteiger partial charge in [-0.25, -0.2) is 0 Å². The molecule has 21 heavy (non-hydrogen) atoms. The van der Waals surface area contributed by atoms with Crippen molar-refractivity contribution in [1.29, 1.82) is 0 Å². The van der Waals surface area contributed by atoms with Gasteiger partial charge in [-0.15, -0.1) is 0 Å². The summed E-state index contributed by atoms with van der Waals surface area (Å²) in [5, 5.41) is 16.8. The smallest absolute Gasteiger partial charge is 0.362 e. The van der Waals surface area contributed by atoms with E-state index in [1.54, 1.807) is 24.4 Å². The van der Waals surface area contributed by atoms with Gasteiger partial charge in [-0.3, -0.25) is 4.79 Å². The molecule has 2 heterocycles. The van der Waals surface area contributed by atoms with Crippen LogP contribution in [-0.2, 0) is 4.79 Å². The summed E-state index contributed by atoms with van der Waals surface area (Å²) in [6, 6.07) is 5.21. The third kappa shape index (κ3) is 3.47. The van der Waals surface area contributed by atoms with Gasteiger partial charge in [0.25, 0.3) is 0 Å². The molecule has 2 aromatic rings. The first kappa shape index (κ1) is 14.8. The highest BCUT2D eigenvalue weighted by Crippen LogP contribution is 2.24. The lowest BCUT2D eigenvalue weighted by atomic mass is 10.3. The number of hydrogen-bond acceptors (Lipinski definition) is 5. The van der Waals surface area contributed by atoms with E-state index in [1.165, 1.54) is 4.40 Å². The largest absolute Gasteiger partial charge is 0.372 e. The Morgan fingerprint density at radius 1 is 1.48 bits per heavy atom. The van der Waals surface area contributed by atoms with Crippen LogP contribution in [0.2, 0.25) is 0 Å². The molecule has 0 aliphatic carbocycles. The van der Waals surface area contributed by atoms with Crippen molar-refractivity contribution >= 4 is 23.2 Å². The normalized spacial score (nSPS) is 10.8. The molecule has 0 aliphatic rings. The minimum absolute atomic E-state index is 0.0713. The summed E-state index contributed by atoms with van der Waals surface area (Å²) in [5.74, 6) is -0.0673. The average molecular weight is 291 g/mol. The molecule has 0 saturated carbocycles. The molecule has 0 spiro atoms. The highest BCUT2D eigenvalue weighted by molar-refractivity contribution is 5.76.